The van der Waals surface area contributed by atoms with E-state index in [1.54, 1.807) is 14.2 Å². The number of hydrogen-bond donors (Lipinski definition) is 2. The van der Waals surface area contributed by atoms with Crippen molar-refractivity contribution in [2.24, 2.45) is 4.99 Å². The van der Waals surface area contributed by atoms with E-state index in [4.69, 9.17) is 4.74 Å². The molecule has 0 saturated carbocycles. The molecule has 1 aromatic carbocycles. The highest BCUT2D eigenvalue weighted by atomic mass is 127. The van der Waals surface area contributed by atoms with Crippen LogP contribution in [0, 0.1) is 6.92 Å². The summed E-state index contributed by atoms with van der Waals surface area (Å²) in [6.45, 7) is 6.97. The molecular weight excluding hydrogens is 353 g/mol. The molecule has 0 unspecified atom stereocenters. The molecule has 0 bridgehead atoms. The van der Waals surface area contributed by atoms with Gasteiger partial charge in [0.25, 0.3) is 0 Å². The molecule has 1 rings (SSSR count). The third kappa shape index (κ3) is 6.13. The molecule has 0 amide bonds. The summed E-state index contributed by atoms with van der Waals surface area (Å²) in [5.41, 5.74) is 2.35. The van der Waals surface area contributed by atoms with E-state index < -0.39 is 0 Å². The van der Waals surface area contributed by atoms with Crippen molar-refractivity contribution in [1.82, 2.24) is 10.6 Å². The van der Waals surface area contributed by atoms with Crippen molar-refractivity contribution < 1.29 is 4.74 Å². The van der Waals surface area contributed by atoms with Crippen molar-refractivity contribution in [1.29, 1.82) is 0 Å². The first-order valence-corrected chi connectivity index (χ1v) is 6.17. The number of ether oxygens (including phenoxy) is 1. The molecule has 0 spiro atoms. The van der Waals surface area contributed by atoms with Crippen LogP contribution in [0.3, 0.4) is 0 Å². The molecule has 19 heavy (non-hydrogen) atoms. The Hall–Kier alpha value is -0.980. The average molecular weight is 377 g/mol. The summed E-state index contributed by atoms with van der Waals surface area (Å²) in [6.07, 6.45) is 0. The van der Waals surface area contributed by atoms with Gasteiger partial charge in [-0.2, -0.15) is 0 Å². The fourth-order valence-electron chi connectivity index (χ4n) is 1.70. The minimum absolute atomic E-state index is 0. The lowest BCUT2D eigenvalue weighted by Gasteiger charge is -2.15. The standard InChI is InChI=1S/C14H23N3O.HI/c1-10(2)17-14(15-4)16-9-12-6-7-13(18-5)11(3)8-12;/h6-8,10H,9H2,1-5H3,(H2,15,16,17);1H. The van der Waals surface area contributed by atoms with E-state index in [1.807, 2.05) is 13.0 Å². The van der Waals surface area contributed by atoms with Gasteiger partial charge < -0.3 is 15.4 Å². The van der Waals surface area contributed by atoms with Crippen molar-refractivity contribution in [2.45, 2.75) is 33.4 Å². The SMILES string of the molecule is CN=C(NCc1ccc(OC)c(C)c1)NC(C)C.I. The van der Waals surface area contributed by atoms with E-state index >= 15 is 0 Å². The zero-order valence-electron chi connectivity index (χ0n) is 12.3. The molecule has 1 aromatic rings. The predicted molar refractivity (Wildman–Crippen MR) is 91.6 cm³/mol. The van der Waals surface area contributed by atoms with Gasteiger partial charge in [-0.3, -0.25) is 4.99 Å². The maximum absolute atomic E-state index is 5.24. The Morgan fingerprint density at radius 3 is 2.53 bits per heavy atom. The van der Waals surface area contributed by atoms with Gasteiger partial charge in [-0.15, -0.1) is 24.0 Å². The summed E-state index contributed by atoms with van der Waals surface area (Å²) in [7, 11) is 3.46. The highest BCUT2D eigenvalue weighted by Gasteiger charge is 2.02. The van der Waals surface area contributed by atoms with Crippen LogP contribution in [0.25, 0.3) is 0 Å². The molecule has 5 heteroatoms. The topological polar surface area (TPSA) is 45.7 Å². The third-order valence-electron chi connectivity index (χ3n) is 2.57. The summed E-state index contributed by atoms with van der Waals surface area (Å²) in [6, 6.07) is 6.54. The van der Waals surface area contributed by atoms with Crippen molar-refractivity contribution in [3.8, 4) is 5.75 Å². The number of aliphatic imine (C=N–C) groups is 1. The van der Waals surface area contributed by atoms with Gasteiger partial charge in [0.15, 0.2) is 5.96 Å². The van der Waals surface area contributed by atoms with Gasteiger partial charge in [-0.1, -0.05) is 12.1 Å². The zero-order chi connectivity index (χ0) is 13.5. The van der Waals surface area contributed by atoms with Crippen LogP contribution >= 0.6 is 24.0 Å². The number of nitrogens with zero attached hydrogens (tertiary/aromatic N) is 1. The first kappa shape index (κ1) is 18.0. The molecule has 0 atom stereocenters. The van der Waals surface area contributed by atoms with E-state index in [9.17, 15) is 0 Å². The first-order valence-electron chi connectivity index (χ1n) is 6.17. The molecule has 2 N–H and O–H groups in total. The van der Waals surface area contributed by atoms with Crippen molar-refractivity contribution in [3.05, 3.63) is 29.3 Å². The number of halogens is 1. The van der Waals surface area contributed by atoms with Crippen LogP contribution in [0.1, 0.15) is 25.0 Å². The summed E-state index contributed by atoms with van der Waals surface area (Å²) >= 11 is 0. The fourth-order valence-corrected chi connectivity index (χ4v) is 1.70. The van der Waals surface area contributed by atoms with Gasteiger partial charge in [0.05, 0.1) is 7.11 Å². The average Bonchev–Trinajstić information content (AvgIpc) is 2.34. The predicted octanol–water partition coefficient (Wildman–Crippen LogP) is 2.70. The van der Waals surface area contributed by atoms with Crippen molar-refractivity contribution in [2.75, 3.05) is 14.2 Å². The van der Waals surface area contributed by atoms with Gasteiger partial charge in [0.2, 0.25) is 0 Å². The van der Waals surface area contributed by atoms with Gasteiger partial charge in [-0.25, -0.2) is 0 Å². The Balaban J connectivity index is 0.00000324. The lowest BCUT2D eigenvalue weighted by molar-refractivity contribution is 0.411. The normalized spacial score (nSPS) is 10.9. The van der Waals surface area contributed by atoms with Crippen LogP contribution in [0.5, 0.6) is 5.75 Å². The van der Waals surface area contributed by atoms with E-state index in [-0.39, 0.29) is 24.0 Å². The number of nitrogens with one attached hydrogen (secondary N) is 2. The summed E-state index contributed by atoms with van der Waals surface area (Å²) < 4.78 is 5.24. The van der Waals surface area contributed by atoms with E-state index in [0.717, 1.165) is 23.8 Å². The maximum atomic E-state index is 5.24. The number of hydrogen-bond acceptors (Lipinski definition) is 2. The van der Waals surface area contributed by atoms with Gasteiger partial charge in [0, 0.05) is 19.6 Å². The van der Waals surface area contributed by atoms with Gasteiger partial charge in [0.1, 0.15) is 5.75 Å². The molecule has 0 aliphatic rings. The highest BCUT2D eigenvalue weighted by molar-refractivity contribution is 14.0. The maximum Gasteiger partial charge on any atom is 0.191 e. The van der Waals surface area contributed by atoms with Crippen LogP contribution in [0.4, 0.5) is 0 Å². The monoisotopic (exact) mass is 377 g/mol. The van der Waals surface area contributed by atoms with Crippen LogP contribution in [-0.2, 0) is 6.54 Å². The number of aryl methyl sites for hydroxylation is 1. The molecule has 4 nitrogen and oxygen atoms in total. The molecule has 0 aliphatic carbocycles. The summed E-state index contributed by atoms with van der Waals surface area (Å²) in [5, 5.41) is 6.53. The highest BCUT2D eigenvalue weighted by Crippen LogP contribution is 2.18. The Morgan fingerprint density at radius 2 is 2.05 bits per heavy atom. The molecular formula is C14H24IN3O. The molecule has 0 fully saturated rings. The lowest BCUT2D eigenvalue weighted by Crippen LogP contribution is -2.40. The minimum atomic E-state index is 0. The van der Waals surface area contributed by atoms with E-state index in [0.29, 0.717) is 6.04 Å². The second-order valence-electron chi connectivity index (χ2n) is 4.53. The third-order valence-corrected chi connectivity index (χ3v) is 2.57. The molecule has 0 aromatic heterocycles. The number of rotatable bonds is 4. The number of benzene rings is 1. The molecule has 0 heterocycles. The van der Waals surface area contributed by atoms with Crippen LogP contribution < -0.4 is 15.4 Å². The lowest BCUT2D eigenvalue weighted by atomic mass is 10.1. The fraction of sp³-hybridized carbons (Fsp3) is 0.500. The van der Waals surface area contributed by atoms with Crippen molar-refractivity contribution in [3.63, 3.8) is 0 Å². The Morgan fingerprint density at radius 1 is 1.37 bits per heavy atom. The van der Waals surface area contributed by atoms with Gasteiger partial charge >= 0.3 is 0 Å². The Labute approximate surface area is 133 Å². The van der Waals surface area contributed by atoms with Gasteiger partial charge in [-0.05, 0) is 38.0 Å². The van der Waals surface area contributed by atoms with E-state index in [2.05, 4.69) is 41.6 Å². The minimum Gasteiger partial charge on any atom is -0.496 e. The largest absolute Gasteiger partial charge is 0.496 e. The second kappa shape index (κ2) is 9.01. The summed E-state index contributed by atoms with van der Waals surface area (Å²) in [4.78, 5) is 4.17. The molecule has 0 radical (unpaired) electrons. The molecule has 108 valence electrons. The Bertz CT molecular complexity index is 419. The van der Waals surface area contributed by atoms with Crippen molar-refractivity contribution >= 4 is 29.9 Å². The quantitative estimate of drug-likeness (QED) is 0.482. The van der Waals surface area contributed by atoms with Crippen LogP contribution in [0.15, 0.2) is 23.2 Å². The smallest absolute Gasteiger partial charge is 0.191 e. The second-order valence-corrected chi connectivity index (χ2v) is 4.53. The summed E-state index contributed by atoms with van der Waals surface area (Å²) in [5.74, 6) is 1.74. The number of guanidine groups is 1. The van der Waals surface area contributed by atoms with Crippen LogP contribution in [-0.4, -0.2) is 26.2 Å². The first-order chi connectivity index (χ1) is 8.56. The van der Waals surface area contributed by atoms with Crippen LogP contribution in [0.2, 0.25) is 0 Å². The zero-order valence-corrected chi connectivity index (χ0v) is 14.6. The number of methoxy groups -OCH3 is 1. The molecule has 0 saturated heterocycles. The molecule has 0 aliphatic heterocycles. The Kier molecular flexibility index (Phi) is 8.54. The van der Waals surface area contributed by atoms with E-state index in [1.165, 1.54) is 5.56 Å².